The number of rotatable bonds is 13. The Hall–Kier alpha value is -4.77. The van der Waals surface area contributed by atoms with Gasteiger partial charge in [0.1, 0.15) is 29.0 Å². The molecule has 4 rings (SSSR count). The van der Waals surface area contributed by atoms with Crippen LogP contribution in [-0.2, 0) is 44.8 Å². The number of carbonyl (C=O) groups excluding carboxylic acids is 5. The number of thiazole rings is 1. The van der Waals surface area contributed by atoms with Crippen LogP contribution in [0, 0.1) is 0 Å². The van der Waals surface area contributed by atoms with Crippen molar-refractivity contribution in [1.82, 2.24) is 20.5 Å². The van der Waals surface area contributed by atoms with Gasteiger partial charge in [0, 0.05) is 11.9 Å². The molecule has 0 aliphatic carbocycles. The van der Waals surface area contributed by atoms with Crippen molar-refractivity contribution < 1.29 is 47.8 Å². The SMILES string of the molecule is CC(C)(C)OC(=O)Nc1nc(/C(=N\OC(C)(C)C(=O)OC(C)(C)C)C(=O)N[C@@H]2C(=O)N[C@@H]2CN2C[C@H](COCc3ccccc3)OC2=O)cs1. The Morgan fingerprint density at radius 1 is 1.04 bits per heavy atom. The van der Waals surface area contributed by atoms with Crippen molar-refractivity contribution >= 4 is 52.2 Å². The molecule has 2 aliphatic heterocycles. The van der Waals surface area contributed by atoms with Crippen LogP contribution in [0.15, 0.2) is 40.9 Å². The van der Waals surface area contributed by atoms with Crippen LogP contribution in [0.5, 0.6) is 0 Å². The molecule has 4 amide bonds. The number of nitrogens with one attached hydrogen (secondary N) is 3. The van der Waals surface area contributed by atoms with Crippen molar-refractivity contribution in [3.8, 4) is 0 Å². The first-order valence-corrected chi connectivity index (χ1v) is 16.8. The van der Waals surface area contributed by atoms with Gasteiger partial charge in [0.25, 0.3) is 5.91 Å². The Balaban J connectivity index is 1.44. The summed E-state index contributed by atoms with van der Waals surface area (Å²) in [5.74, 6) is -2.09. The first-order chi connectivity index (χ1) is 23.3. The number of benzene rings is 1. The summed E-state index contributed by atoms with van der Waals surface area (Å²) in [6.07, 6.45) is -1.84. The zero-order chi connectivity index (χ0) is 36.9. The number of oxime groups is 1. The lowest BCUT2D eigenvalue weighted by molar-refractivity contribution is -0.179. The number of aromatic nitrogens is 1. The van der Waals surface area contributed by atoms with Gasteiger partial charge in [-0.1, -0.05) is 35.5 Å². The lowest BCUT2D eigenvalue weighted by Crippen LogP contribution is -2.72. The number of esters is 1. The second kappa shape index (κ2) is 15.4. The fourth-order valence-electron chi connectivity index (χ4n) is 4.53. The van der Waals surface area contributed by atoms with Gasteiger partial charge in [-0.2, -0.15) is 0 Å². The first kappa shape index (κ1) is 38.0. The Morgan fingerprint density at radius 3 is 2.36 bits per heavy atom. The van der Waals surface area contributed by atoms with Crippen LogP contribution in [0.1, 0.15) is 66.6 Å². The van der Waals surface area contributed by atoms with Crippen molar-refractivity contribution in [2.24, 2.45) is 5.16 Å². The number of hydrogen-bond donors (Lipinski definition) is 3. The number of hydrogen-bond acceptors (Lipinski definition) is 13. The molecule has 3 N–H and O–H groups in total. The monoisotopic (exact) mass is 716 g/mol. The predicted molar refractivity (Wildman–Crippen MR) is 181 cm³/mol. The van der Waals surface area contributed by atoms with Gasteiger partial charge in [-0.15, -0.1) is 11.3 Å². The third kappa shape index (κ3) is 10.9. The summed E-state index contributed by atoms with van der Waals surface area (Å²) in [5.41, 5.74) is -2.62. The second-order valence-electron chi connectivity index (χ2n) is 14.2. The third-order valence-electron chi connectivity index (χ3n) is 6.91. The first-order valence-electron chi connectivity index (χ1n) is 15.9. The van der Waals surface area contributed by atoms with E-state index < -0.39 is 65.0 Å². The standard InChI is InChI=1S/C33H44N6O10S/c1-31(2,3)47-27(42)33(7,8)49-38-24(22-18-50-28(35-22)37-29(43)48-32(4,5)6)26(41)36-23-21(34-25(23)40)15-39-14-20(46-30(39)44)17-45-16-19-12-10-9-11-13-19/h9-13,18,20-21,23H,14-17H2,1-8H3,(H,34,40)(H,36,41)(H,35,37,43)/b38-24+/t20-,21-,23+/m1/s1. The number of β-lactam (4-membered cyclic amide) rings is 1. The van der Waals surface area contributed by atoms with Crippen molar-refractivity contribution in [3.05, 3.63) is 47.0 Å². The van der Waals surface area contributed by atoms with Crippen molar-refractivity contribution in [2.45, 2.75) is 97.0 Å². The largest absolute Gasteiger partial charge is 0.457 e. The molecule has 2 aliphatic rings. The molecule has 2 saturated heterocycles. The van der Waals surface area contributed by atoms with Crippen LogP contribution in [0.4, 0.5) is 14.7 Å². The van der Waals surface area contributed by atoms with E-state index in [0.717, 1.165) is 16.9 Å². The van der Waals surface area contributed by atoms with Crippen molar-refractivity contribution in [3.63, 3.8) is 0 Å². The van der Waals surface area contributed by atoms with Gasteiger partial charge in [-0.25, -0.2) is 19.4 Å². The quantitative estimate of drug-likeness (QED) is 0.0904. The molecule has 50 heavy (non-hydrogen) atoms. The molecule has 1 aromatic heterocycles. The lowest BCUT2D eigenvalue weighted by Gasteiger charge is -2.38. The topological polar surface area (TPSA) is 196 Å². The summed E-state index contributed by atoms with van der Waals surface area (Å²) in [7, 11) is 0. The van der Waals surface area contributed by atoms with Gasteiger partial charge in [0.2, 0.25) is 11.5 Å². The maximum Gasteiger partial charge on any atom is 0.413 e. The Labute approximate surface area is 294 Å². The van der Waals surface area contributed by atoms with Gasteiger partial charge in [-0.05, 0) is 61.0 Å². The molecular weight excluding hydrogens is 672 g/mol. The predicted octanol–water partition coefficient (Wildman–Crippen LogP) is 3.35. The fourth-order valence-corrected chi connectivity index (χ4v) is 5.21. The molecule has 3 heterocycles. The Bertz CT molecular complexity index is 1600. The number of nitrogens with zero attached hydrogens (tertiary/aromatic N) is 3. The minimum Gasteiger partial charge on any atom is -0.457 e. The number of ether oxygens (including phenoxy) is 4. The molecule has 16 nitrogen and oxygen atoms in total. The molecule has 0 radical (unpaired) electrons. The minimum atomic E-state index is -1.62. The molecule has 17 heteroatoms. The van der Waals surface area contributed by atoms with Crippen LogP contribution >= 0.6 is 11.3 Å². The summed E-state index contributed by atoms with van der Waals surface area (Å²) in [5, 5.41) is 13.3. The molecule has 0 saturated carbocycles. The number of anilines is 1. The van der Waals surface area contributed by atoms with Gasteiger partial charge in [0.05, 0.1) is 25.8 Å². The third-order valence-corrected chi connectivity index (χ3v) is 7.66. The molecule has 2 aromatic rings. The van der Waals surface area contributed by atoms with Crippen LogP contribution in [-0.4, -0.2) is 100 Å². The van der Waals surface area contributed by atoms with E-state index in [1.807, 2.05) is 30.3 Å². The zero-order valence-electron chi connectivity index (χ0n) is 29.4. The zero-order valence-corrected chi connectivity index (χ0v) is 30.2. The smallest absolute Gasteiger partial charge is 0.413 e. The highest BCUT2D eigenvalue weighted by molar-refractivity contribution is 7.14. The molecule has 0 spiro atoms. The summed E-state index contributed by atoms with van der Waals surface area (Å²) >= 11 is 0.984. The maximum atomic E-state index is 13.7. The van der Waals surface area contributed by atoms with Gasteiger partial charge in [-0.3, -0.25) is 14.9 Å². The highest BCUT2D eigenvalue weighted by atomic mass is 32.1. The van der Waals surface area contributed by atoms with Crippen LogP contribution in [0.25, 0.3) is 0 Å². The second-order valence-corrected chi connectivity index (χ2v) is 15.0. The van der Waals surface area contributed by atoms with Crippen LogP contribution < -0.4 is 16.0 Å². The van der Waals surface area contributed by atoms with Gasteiger partial charge in [0.15, 0.2) is 10.8 Å². The fraction of sp³-hybridized carbons (Fsp3) is 0.545. The average Bonchev–Trinajstić information content (AvgIpc) is 3.60. The van der Waals surface area contributed by atoms with E-state index in [9.17, 15) is 24.0 Å². The summed E-state index contributed by atoms with van der Waals surface area (Å²) in [4.78, 5) is 75.2. The van der Waals surface area contributed by atoms with E-state index in [1.165, 1.54) is 24.1 Å². The number of amides is 4. The van der Waals surface area contributed by atoms with E-state index >= 15 is 0 Å². The number of carbonyl (C=O) groups is 5. The minimum absolute atomic E-state index is 0.0173. The maximum absolute atomic E-state index is 13.7. The number of cyclic esters (lactones) is 1. The Morgan fingerprint density at radius 2 is 1.72 bits per heavy atom. The average molecular weight is 717 g/mol. The van der Waals surface area contributed by atoms with Crippen LogP contribution in [0.2, 0.25) is 0 Å². The summed E-state index contributed by atoms with van der Waals surface area (Å²) < 4.78 is 21.8. The van der Waals surface area contributed by atoms with Crippen LogP contribution in [0.3, 0.4) is 0 Å². The van der Waals surface area contributed by atoms with Crippen molar-refractivity contribution in [2.75, 3.05) is 25.0 Å². The molecule has 3 atom stereocenters. The van der Waals surface area contributed by atoms with E-state index in [1.54, 1.807) is 41.5 Å². The highest BCUT2D eigenvalue weighted by Crippen LogP contribution is 2.22. The molecular formula is C33H44N6O10S. The summed E-state index contributed by atoms with van der Waals surface area (Å²) in [6, 6.07) is 7.88. The van der Waals surface area contributed by atoms with E-state index in [2.05, 4.69) is 26.1 Å². The van der Waals surface area contributed by atoms with E-state index in [-0.39, 0.29) is 36.2 Å². The summed E-state index contributed by atoms with van der Waals surface area (Å²) in [6.45, 7) is 13.9. The molecule has 0 unspecified atom stereocenters. The Kier molecular flexibility index (Phi) is 11.7. The molecule has 272 valence electrons. The normalized spacial score (nSPS) is 19.6. The highest BCUT2D eigenvalue weighted by Gasteiger charge is 2.45. The lowest BCUT2D eigenvalue weighted by atomic mass is 9.98. The molecule has 2 fully saturated rings. The van der Waals surface area contributed by atoms with Crippen molar-refractivity contribution in [1.29, 1.82) is 0 Å². The van der Waals surface area contributed by atoms with E-state index in [0.29, 0.717) is 6.61 Å². The van der Waals surface area contributed by atoms with E-state index in [4.69, 9.17) is 23.8 Å². The molecule has 1 aromatic carbocycles. The van der Waals surface area contributed by atoms with Gasteiger partial charge < -0.3 is 39.3 Å². The van der Waals surface area contributed by atoms with Gasteiger partial charge >= 0.3 is 18.2 Å². The molecule has 0 bridgehead atoms.